The number of amides is 1. The minimum absolute atomic E-state index is 0.140. The van der Waals surface area contributed by atoms with Crippen molar-refractivity contribution in [3.8, 4) is 5.69 Å². The van der Waals surface area contributed by atoms with E-state index in [-0.39, 0.29) is 17.5 Å². The molecule has 0 spiro atoms. The fraction of sp³-hybridized carbons (Fsp3) is 0.125. The van der Waals surface area contributed by atoms with E-state index in [1.165, 1.54) is 23.0 Å². The molecular formula is C16H11F2N3OS. The Morgan fingerprint density at radius 1 is 1.26 bits per heavy atom. The summed E-state index contributed by atoms with van der Waals surface area (Å²) in [6.07, 6.45) is 1.78. The molecule has 3 aromatic rings. The number of carbonyl (C=O) groups is 1. The van der Waals surface area contributed by atoms with Gasteiger partial charge >= 0.3 is 0 Å². The molecule has 116 valence electrons. The predicted molar refractivity (Wildman–Crippen MR) is 82.9 cm³/mol. The Hall–Kier alpha value is -2.54. The molecule has 0 aliphatic carbocycles. The van der Waals surface area contributed by atoms with Gasteiger partial charge in [-0.3, -0.25) is 9.36 Å². The van der Waals surface area contributed by atoms with Crippen molar-refractivity contribution in [2.75, 3.05) is 5.32 Å². The number of halogens is 2. The predicted octanol–water partition coefficient (Wildman–Crippen LogP) is 3.69. The number of hydrogen-bond acceptors (Lipinski definition) is 3. The normalized spacial score (nSPS) is 17.0. The van der Waals surface area contributed by atoms with Gasteiger partial charge in [-0.15, -0.1) is 11.3 Å². The average Bonchev–Trinajstić information content (AvgIpc) is 3.14. The van der Waals surface area contributed by atoms with Gasteiger partial charge < -0.3 is 5.32 Å². The second kappa shape index (κ2) is 5.27. The van der Waals surface area contributed by atoms with Gasteiger partial charge in [-0.25, -0.2) is 13.8 Å². The second-order valence-corrected chi connectivity index (χ2v) is 6.28. The van der Waals surface area contributed by atoms with Crippen LogP contribution in [0, 0.1) is 11.6 Å². The molecule has 0 bridgehead atoms. The van der Waals surface area contributed by atoms with Crippen molar-refractivity contribution in [1.29, 1.82) is 0 Å². The Labute approximate surface area is 134 Å². The maximum Gasteiger partial charge on any atom is 0.226 e. The van der Waals surface area contributed by atoms with E-state index in [2.05, 4.69) is 10.3 Å². The lowest BCUT2D eigenvalue weighted by atomic mass is 9.96. The number of imidazole rings is 1. The molecule has 1 atom stereocenters. The highest BCUT2D eigenvalue weighted by Crippen LogP contribution is 2.38. The van der Waals surface area contributed by atoms with Crippen molar-refractivity contribution in [2.45, 2.75) is 12.3 Å². The molecular weight excluding hydrogens is 320 g/mol. The molecule has 1 unspecified atom stereocenters. The highest BCUT2D eigenvalue weighted by Gasteiger charge is 2.31. The highest BCUT2D eigenvalue weighted by atomic mass is 32.1. The first-order chi connectivity index (χ1) is 11.1. The van der Waals surface area contributed by atoms with Gasteiger partial charge in [-0.05, 0) is 23.6 Å². The fourth-order valence-electron chi connectivity index (χ4n) is 2.81. The first-order valence-corrected chi connectivity index (χ1v) is 7.87. The lowest BCUT2D eigenvalue weighted by Crippen LogP contribution is -2.24. The maximum atomic E-state index is 13.5. The van der Waals surface area contributed by atoms with E-state index < -0.39 is 11.6 Å². The van der Waals surface area contributed by atoms with Crippen LogP contribution in [-0.4, -0.2) is 15.5 Å². The molecule has 7 heteroatoms. The number of hydrogen-bond donors (Lipinski definition) is 1. The molecule has 4 nitrogen and oxygen atoms in total. The summed E-state index contributed by atoms with van der Waals surface area (Å²) in [5.74, 6) is -1.18. The van der Waals surface area contributed by atoms with E-state index in [1.54, 1.807) is 11.3 Å². The molecule has 1 aromatic carbocycles. The summed E-state index contributed by atoms with van der Waals surface area (Å²) < 4.78 is 28.4. The molecule has 1 aliphatic rings. The van der Waals surface area contributed by atoms with Crippen LogP contribution in [0.25, 0.3) is 5.69 Å². The zero-order valence-electron chi connectivity index (χ0n) is 11.8. The number of nitrogens with zero attached hydrogens (tertiary/aromatic N) is 2. The Morgan fingerprint density at radius 3 is 2.74 bits per heavy atom. The average molecular weight is 331 g/mol. The Balaban J connectivity index is 1.85. The summed E-state index contributed by atoms with van der Waals surface area (Å²) in [7, 11) is 0. The van der Waals surface area contributed by atoms with Crippen LogP contribution in [0.1, 0.15) is 22.9 Å². The van der Waals surface area contributed by atoms with Crippen molar-refractivity contribution >= 4 is 23.1 Å². The summed E-state index contributed by atoms with van der Waals surface area (Å²) in [5.41, 5.74) is 0.986. The number of anilines is 1. The standard InChI is InChI=1S/C16H11F2N3OS/c17-9-4-10(18)6-11(5-9)21-8-19-15-12(13-2-1-3-23-13)7-14(22)20-16(15)21/h1-6,8,12H,7H2,(H,20,22). The Bertz CT molecular complexity index is 869. The van der Waals surface area contributed by atoms with E-state index in [4.69, 9.17) is 0 Å². The van der Waals surface area contributed by atoms with E-state index in [0.29, 0.717) is 17.9 Å². The van der Waals surface area contributed by atoms with Crippen LogP contribution in [0.15, 0.2) is 42.0 Å². The zero-order valence-corrected chi connectivity index (χ0v) is 12.6. The van der Waals surface area contributed by atoms with Crippen molar-refractivity contribution in [1.82, 2.24) is 9.55 Å². The number of rotatable bonds is 2. The molecule has 3 heterocycles. The topological polar surface area (TPSA) is 46.9 Å². The van der Waals surface area contributed by atoms with Gasteiger partial charge in [0.15, 0.2) is 0 Å². The van der Waals surface area contributed by atoms with Gasteiger partial charge in [0.25, 0.3) is 0 Å². The first kappa shape index (κ1) is 14.1. The third kappa shape index (κ3) is 2.43. The van der Waals surface area contributed by atoms with Crippen LogP contribution in [0.4, 0.5) is 14.6 Å². The zero-order chi connectivity index (χ0) is 16.0. The van der Waals surface area contributed by atoms with E-state index in [1.807, 2.05) is 17.5 Å². The minimum Gasteiger partial charge on any atom is -0.310 e. The number of thiophene rings is 1. The quantitative estimate of drug-likeness (QED) is 0.778. The monoisotopic (exact) mass is 331 g/mol. The summed E-state index contributed by atoms with van der Waals surface area (Å²) in [5, 5.41) is 4.70. The molecule has 0 saturated carbocycles. The van der Waals surface area contributed by atoms with Gasteiger partial charge in [0.1, 0.15) is 23.8 Å². The van der Waals surface area contributed by atoms with Crippen LogP contribution in [-0.2, 0) is 4.79 Å². The Kier molecular flexibility index (Phi) is 3.23. The summed E-state index contributed by atoms with van der Waals surface area (Å²) in [6, 6.07) is 7.08. The Morgan fingerprint density at radius 2 is 2.04 bits per heavy atom. The van der Waals surface area contributed by atoms with Gasteiger partial charge in [-0.2, -0.15) is 0 Å². The molecule has 1 amide bonds. The third-order valence-electron chi connectivity index (χ3n) is 3.79. The smallest absolute Gasteiger partial charge is 0.226 e. The number of aromatic nitrogens is 2. The van der Waals surface area contributed by atoms with Crippen molar-refractivity contribution in [2.24, 2.45) is 0 Å². The number of benzene rings is 1. The highest BCUT2D eigenvalue weighted by molar-refractivity contribution is 7.10. The molecule has 23 heavy (non-hydrogen) atoms. The van der Waals surface area contributed by atoms with Crippen LogP contribution >= 0.6 is 11.3 Å². The first-order valence-electron chi connectivity index (χ1n) is 6.99. The van der Waals surface area contributed by atoms with Gasteiger partial charge in [0, 0.05) is 23.3 Å². The van der Waals surface area contributed by atoms with E-state index in [9.17, 15) is 13.6 Å². The summed E-state index contributed by atoms with van der Waals surface area (Å²) >= 11 is 1.56. The van der Waals surface area contributed by atoms with Crippen molar-refractivity contribution in [3.63, 3.8) is 0 Å². The lowest BCUT2D eigenvalue weighted by Gasteiger charge is -2.22. The molecule has 4 rings (SSSR count). The van der Waals surface area contributed by atoms with Gasteiger partial charge in [0.05, 0.1) is 11.4 Å². The second-order valence-electron chi connectivity index (χ2n) is 5.30. The molecule has 2 aromatic heterocycles. The molecule has 0 fully saturated rings. The van der Waals surface area contributed by atoms with Gasteiger partial charge in [-0.1, -0.05) is 6.07 Å². The van der Waals surface area contributed by atoms with E-state index in [0.717, 1.165) is 10.9 Å². The lowest BCUT2D eigenvalue weighted by molar-refractivity contribution is -0.116. The number of carbonyl (C=O) groups excluding carboxylic acids is 1. The maximum absolute atomic E-state index is 13.5. The van der Waals surface area contributed by atoms with Crippen LogP contribution < -0.4 is 5.32 Å². The molecule has 0 radical (unpaired) electrons. The van der Waals surface area contributed by atoms with Crippen LogP contribution in [0.5, 0.6) is 0 Å². The summed E-state index contributed by atoms with van der Waals surface area (Å²) in [4.78, 5) is 17.5. The molecule has 1 N–H and O–H groups in total. The fourth-order valence-corrected chi connectivity index (χ4v) is 3.64. The summed E-state index contributed by atoms with van der Waals surface area (Å²) in [6.45, 7) is 0. The SMILES string of the molecule is O=C1CC(c2cccs2)c2ncn(-c3cc(F)cc(F)c3)c2N1. The number of fused-ring (bicyclic) bond motifs is 1. The van der Waals surface area contributed by atoms with Crippen LogP contribution in [0.2, 0.25) is 0 Å². The van der Waals surface area contributed by atoms with E-state index >= 15 is 0 Å². The third-order valence-corrected chi connectivity index (χ3v) is 4.77. The molecule has 0 saturated heterocycles. The number of nitrogens with one attached hydrogen (secondary N) is 1. The van der Waals surface area contributed by atoms with Gasteiger partial charge in [0.2, 0.25) is 5.91 Å². The van der Waals surface area contributed by atoms with Crippen molar-refractivity contribution < 1.29 is 13.6 Å². The largest absolute Gasteiger partial charge is 0.310 e. The molecule has 1 aliphatic heterocycles. The van der Waals surface area contributed by atoms with Crippen molar-refractivity contribution in [3.05, 3.63) is 64.2 Å². The minimum atomic E-state index is -0.681. The van der Waals surface area contributed by atoms with Crippen LogP contribution in [0.3, 0.4) is 0 Å².